The lowest BCUT2D eigenvalue weighted by Crippen LogP contribution is -2.17. The predicted octanol–water partition coefficient (Wildman–Crippen LogP) is 2.79. The summed E-state index contributed by atoms with van der Waals surface area (Å²) < 4.78 is 15.9. The first-order chi connectivity index (χ1) is 14.2. The van der Waals surface area contributed by atoms with Crippen molar-refractivity contribution < 1.29 is 23.8 Å². The number of ether oxygens (including phenoxy) is 3. The number of carbonyl (C=O) groups is 2. The van der Waals surface area contributed by atoms with Crippen molar-refractivity contribution >= 4 is 18.1 Å². The van der Waals surface area contributed by atoms with E-state index in [1.165, 1.54) is 12.4 Å². The number of hydrogen-bond acceptors (Lipinski definition) is 7. The molecule has 0 radical (unpaired) electrons. The number of fused-ring (bicyclic) bond motifs is 1. The van der Waals surface area contributed by atoms with Crippen LogP contribution in [-0.2, 0) is 0 Å². The SMILES string of the molecule is O=C(N/N=C/c1cccc(OC(=O)c2ccc3c(c2)OCO3)c1)c1cccnc1. The highest BCUT2D eigenvalue weighted by Gasteiger charge is 2.17. The van der Waals surface area contributed by atoms with Crippen LogP contribution in [0.2, 0.25) is 0 Å². The van der Waals surface area contributed by atoms with Gasteiger partial charge in [0, 0.05) is 12.4 Å². The summed E-state index contributed by atoms with van der Waals surface area (Å²) in [5.41, 5.74) is 3.80. The van der Waals surface area contributed by atoms with Gasteiger partial charge in [0.25, 0.3) is 5.91 Å². The van der Waals surface area contributed by atoms with Crippen LogP contribution < -0.4 is 19.6 Å². The summed E-state index contributed by atoms with van der Waals surface area (Å²) in [5.74, 6) is 0.537. The van der Waals surface area contributed by atoms with E-state index in [0.717, 1.165) is 0 Å². The molecule has 1 N–H and O–H groups in total. The Kier molecular flexibility index (Phi) is 5.15. The fraction of sp³-hybridized carbons (Fsp3) is 0.0476. The summed E-state index contributed by atoms with van der Waals surface area (Å²) in [4.78, 5) is 28.2. The molecule has 144 valence electrons. The first kappa shape index (κ1) is 18.2. The van der Waals surface area contributed by atoms with Crippen LogP contribution in [0.5, 0.6) is 17.2 Å². The average Bonchev–Trinajstić information content (AvgIpc) is 3.22. The van der Waals surface area contributed by atoms with E-state index in [-0.39, 0.29) is 12.7 Å². The number of hydrazone groups is 1. The van der Waals surface area contributed by atoms with Crippen LogP contribution in [0.15, 0.2) is 72.1 Å². The third kappa shape index (κ3) is 4.38. The number of carbonyl (C=O) groups excluding carboxylic acids is 2. The molecule has 0 bridgehead atoms. The molecule has 0 atom stereocenters. The van der Waals surface area contributed by atoms with E-state index >= 15 is 0 Å². The highest BCUT2D eigenvalue weighted by Crippen LogP contribution is 2.32. The van der Waals surface area contributed by atoms with Gasteiger partial charge in [0.2, 0.25) is 6.79 Å². The van der Waals surface area contributed by atoms with Crippen molar-refractivity contribution in [1.29, 1.82) is 0 Å². The summed E-state index contributed by atoms with van der Waals surface area (Å²) in [6, 6.07) is 14.9. The average molecular weight is 389 g/mol. The maximum Gasteiger partial charge on any atom is 0.343 e. The van der Waals surface area contributed by atoms with Gasteiger partial charge in [-0.3, -0.25) is 9.78 Å². The number of esters is 1. The van der Waals surface area contributed by atoms with Crippen molar-refractivity contribution in [1.82, 2.24) is 10.4 Å². The van der Waals surface area contributed by atoms with Crippen LogP contribution in [0.4, 0.5) is 0 Å². The first-order valence-corrected chi connectivity index (χ1v) is 8.64. The molecule has 0 saturated heterocycles. The van der Waals surface area contributed by atoms with Gasteiger partial charge in [-0.15, -0.1) is 0 Å². The molecule has 2 aromatic carbocycles. The zero-order valence-electron chi connectivity index (χ0n) is 15.1. The second-order valence-electron chi connectivity index (χ2n) is 5.97. The smallest absolute Gasteiger partial charge is 0.343 e. The fourth-order valence-electron chi connectivity index (χ4n) is 2.57. The van der Waals surface area contributed by atoms with Crippen molar-refractivity contribution in [3.63, 3.8) is 0 Å². The molecule has 2 heterocycles. The Hall–Kier alpha value is -4.20. The van der Waals surface area contributed by atoms with Crippen LogP contribution >= 0.6 is 0 Å². The monoisotopic (exact) mass is 389 g/mol. The summed E-state index contributed by atoms with van der Waals surface area (Å²) in [6.45, 7) is 0.131. The van der Waals surface area contributed by atoms with Gasteiger partial charge in [0.1, 0.15) is 5.75 Å². The number of nitrogens with one attached hydrogen (secondary N) is 1. The van der Waals surface area contributed by atoms with Crippen LogP contribution in [0, 0.1) is 0 Å². The molecule has 0 aliphatic carbocycles. The predicted molar refractivity (Wildman–Crippen MR) is 103 cm³/mol. The summed E-state index contributed by atoms with van der Waals surface area (Å²) in [7, 11) is 0. The maximum absolute atomic E-state index is 12.4. The Labute approximate surface area is 165 Å². The highest BCUT2D eigenvalue weighted by molar-refractivity contribution is 5.94. The zero-order chi connectivity index (χ0) is 20.1. The second-order valence-corrected chi connectivity index (χ2v) is 5.97. The molecule has 8 nitrogen and oxygen atoms in total. The summed E-state index contributed by atoms with van der Waals surface area (Å²) in [5, 5.41) is 3.91. The van der Waals surface area contributed by atoms with Crippen LogP contribution in [-0.4, -0.2) is 29.9 Å². The fourth-order valence-corrected chi connectivity index (χ4v) is 2.57. The lowest BCUT2D eigenvalue weighted by atomic mass is 10.2. The zero-order valence-corrected chi connectivity index (χ0v) is 15.1. The Morgan fingerprint density at radius 2 is 1.93 bits per heavy atom. The minimum absolute atomic E-state index is 0.131. The van der Waals surface area contributed by atoms with Gasteiger partial charge < -0.3 is 14.2 Å². The number of amides is 1. The molecular formula is C21H15N3O5. The molecule has 1 amide bonds. The van der Waals surface area contributed by atoms with Crippen molar-refractivity contribution in [2.24, 2.45) is 5.10 Å². The number of hydrogen-bond donors (Lipinski definition) is 1. The van der Waals surface area contributed by atoms with E-state index in [4.69, 9.17) is 14.2 Å². The van der Waals surface area contributed by atoms with Gasteiger partial charge in [-0.25, -0.2) is 10.2 Å². The maximum atomic E-state index is 12.4. The molecule has 1 aliphatic heterocycles. The van der Waals surface area contributed by atoms with Gasteiger partial charge in [-0.05, 0) is 48.0 Å². The van der Waals surface area contributed by atoms with E-state index in [1.54, 1.807) is 60.8 Å². The molecule has 1 aromatic heterocycles. The number of benzene rings is 2. The van der Waals surface area contributed by atoms with Gasteiger partial charge in [-0.2, -0.15) is 5.10 Å². The Bertz CT molecular complexity index is 1080. The van der Waals surface area contributed by atoms with Crippen molar-refractivity contribution in [3.05, 3.63) is 83.7 Å². The lowest BCUT2D eigenvalue weighted by Gasteiger charge is -2.06. The third-order valence-electron chi connectivity index (χ3n) is 3.98. The normalized spacial score (nSPS) is 12.0. The molecule has 4 rings (SSSR count). The van der Waals surface area contributed by atoms with Crippen molar-refractivity contribution in [3.8, 4) is 17.2 Å². The summed E-state index contributed by atoms with van der Waals surface area (Å²) >= 11 is 0. The van der Waals surface area contributed by atoms with Crippen LogP contribution in [0.1, 0.15) is 26.3 Å². The third-order valence-corrected chi connectivity index (χ3v) is 3.98. The summed E-state index contributed by atoms with van der Waals surface area (Å²) in [6.07, 6.45) is 4.48. The largest absolute Gasteiger partial charge is 0.454 e. The van der Waals surface area contributed by atoms with Crippen molar-refractivity contribution in [2.75, 3.05) is 6.79 Å². The van der Waals surface area contributed by atoms with Gasteiger partial charge in [-0.1, -0.05) is 12.1 Å². The molecule has 3 aromatic rings. The Morgan fingerprint density at radius 1 is 1.03 bits per heavy atom. The molecule has 0 fully saturated rings. The van der Waals surface area contributed by atoms with Crippen molar-refractivity contribution in [2.45, 2.75) is 0 Å². The first-order valence-electron chi connectivity index (χ1n) is 8.64. The second kappa shape index (κ2) is 8.22. The molecule has 0 spiro atoms. The Balaban J connectivity index is 1.39. The van der Waals surface area contributed by atoms with Crippen LogP contribution in [0.25, 0.3) is 0 Å². The van der Waals surface area contributed by atoms with Crippen LogP contribution in [0.3, 0.4) is 0 Å². The Morgan fingerprint density at radius 3 is 2.79 bits per heavy atom. The number of rotatable bonds is 5. The van der Waals surface area contributed by atoms with E-state index in [2.05, 4.69) is 15.5 Å². The van der Waals surface area contributed by atoms with E-state index in [9.17, 15) is 9.59 Å². The molecule has 0 unspecified atom stereocenters. The van der Waals surface area contributed by atoms with E-state index in [0.29, 0.717) is 33.9 Å². The molecular weight excluding hydrogens is 374 g/mol. The standard InChI is InChI=1S/C21H15N3O5/c25-20(16-4-2-8-22-12-16)24-23-11-14-3-1-5-17(9-14)29-21(26)15-6-7-18-19(10-15)28-13-27-18/h1-12H,13H2,(H,24,25)/b23-11+. The minimum Gasteiger partial charge on any atom is -0.454 e. The van der Waals surface area contributed by atoms with Gasteiger partial charge in [0.05, 0.1) is 17.3 Å². The highest BCUT2D eigenvalue weighted by atomic mass is 16.7. The molecule has 0 saturated carbocycles. The molecule has 8 heteroatoms. The molecule has 1 aliphatic rings. The number of aromatic nitrogens is 1. The van der Waals surface area contributed by atoms with E-state index < -0.39 is 5.97 Å². The quantitative estimate of drug-likeness (QED) is 0.312. The lowest BCUT2D eigenvalue weighted by molar-refractivity contribution is 0.0734. The number of nitrogens with zero attached hydrogens (tertiary/aromatic N) is 2. The van der Waals surface area contributed by atoms with Gasteiger partial charge in [0.15, 0.2) is 11.5 Å². The minimum atomic E-state index is -0.526. The van der Waals surface area contributed by atoms with Gasteiger partial charge >= 0.3 is 5.97 Å². The molecule has 29 heavy (non-hydrogen) atoms. The van der Waals surface area contributed by atoms with E-state index in [1.807, 2.05) is 0 Å². The number of pyridine rings is 1. The topological polar surface area (TPSA) is 99.1 Å².